The lowest BCUT2D eigenvalue weighted by Gasteiger charge is -2.34. The summed E-state index contributed by atoms with van der Waals surface area (Å²) in [6.45, 7) is 1.42. The van der Waals surface area contributed by atoms with Crippen LogP contribution in [0.3, 0.4) is 0 Å². The van der Waals surface area contributed by atoms with Crippen molar-refractivity contribution in [2.24, 2.45) is 16.3 Å². The van der Waals surface area contributed by atoms with Crippen LogP contribution < -0.4 is 11.1 Å². The first-order chi connectivity index (χ1) is 9.69. The van der Waals surface area contributed by atoms with E-state index in [0.29, 0.717) is 32.6 Å². The summed E-state index contributed by atoms with van der Waals surface area (Å²) in [6, 6.07) is 4.02. The third kappa shape index (κ3) is 3.10. The average Bonchev–Trinajstić information content (AvgIpc) is 3.00. The number of thiophene rings is 1. The van der Waals surface area contributed by atoms with Gasteiger partial charge in [-0.3, -0.25) is 4.79 Å². The first-order valence-electron chi connectivity index (χ1n) is 6.55. The zero-order valence-electron chi connectivity index (χ0n) is 11.2. The maximum atomic E-state index is 12.4. The fraction of sp³-hybridized carbons (Fsp3) is 0.538. The summed E-state index contributed by atoms with van der Waals surface area (Å²) < 4.78 is 5.26. The number of oxime groups is 1. The van der Waals surface area contributed by atoms with Crippen molar-refractivity contribution in [1.29, 1.82) is 0 Å². The van der Waals surface area contributed by atoms with Gasteiger partial charge >= 0.3 is 0 Å². The van der Waals surface area contributed by atoms with E-state index in [9.17, 15) is 4.79 Å². The molecular weight excluding hydrogens is 278 g/mol. The quantitative estimate of drug-likeness (QED) is 0.326. The lowest BCUT2D eigenvalue weighted by Crippen LogP contribution is -2.53. The van der Waals surface area contributed by atoms with Crippen molar-refractivity contribution in [1.82, 2.24) is 5.32 Å². The van der Waals surface area contributed by atoms with Crippen molar-refractivity contribution in [2.45, 2.75) is 19.3 Å². The molecule has 1 saturated heterocycles. The fourth-order valence-electron chi connectivity index (χ4n) is 2.34. The van der Waals surface area contributed by atoms with E-state index in [1.165, 1.54) is 4.88 Å². The molecule has 0 atom stereocenters. The number of nitrogens with zero attached hydrogens (tertiary/aromatic N) is 1. The molecule has 1 amide bonds. The summed E-state index contributed by atoms with van der Waals surface area (Å²) in [6.07, 6.45) is 1.66. The van der Waals surface area contributed by atoms with E-state index in [0.717, 1.165) is 6.42 Å². The summed E-state index contributed by atoms with van der Waals surface area (Å²) in [5, 5.41) is 16.9. The molecule has 7 heteroatoms. The van der Waals surface area contributed by atoms with Crippen LogP contribution in [0.25, 0.3) is 0 Å². The third-order valence-corrected chi connectivity index (χ3v) is 4.55. The molecule has 0 aliphatic carbocycles. The van der Waals surface area contributed by atoms with E-state index in [-0.39, 0.29) is 11.7 Å². The summed E-state index contributed by atoms with van der Waals surface area (Å²) in [5.74, 6) is -0.220. The number of carbonyl (C=O) groups is 1. The number of nitrogens with two attached hydrogens (primary N) is 1. The number of nitrogens with one attached hydrogen (secondary N) is 1. The van der Waals surface area contributed by atoms with Crippen LogP contribution in [0, 0.1) is 5.41 Å². The van der Waals surface area contributed by atoms with Gasteiger partial charge in [0, 0.05) is 24.6 Å². The van der Waals surface area contributed by atoms with Crippen LogP contribution in [0.2, 0.25) is 0 Å². The van der Waals surface area contributed by atoms with Gasteiger partial charge in [0.25, 0.3) is 0 Å². The molecule has 0 aromatic carbocycles. The molecule has 1 aliphatic rings. The van der Waals surface area contributed by atoms with Gasteiger partial charge in [-0.1, -0.05) is 11.2 Å². The zero-order valence-corrected chi connectivity index (χ0v) is 12.0. The van der Waals surface area contributed by atoms with Crippen LogP contribution in [0.4, 0.5) is 0 Å². The minimum atomic E-state index is -0.942. The van der Waals surface area contributed by atoms with Gasteiger partial charge < -0.3 is 21.0 Å². The van der Waals surface area contributed by atoms with Gasteiger partial charge in [0.15, 0.2) is 5.84 Å². The predicted octanol–water partition coefficient (Wildman–Crippen LogP) is 0.950. The van der Waals surface area contributed by atoms with E-state index in [1.807, 2.05) is 17.5 Å². The summed E-state index contributed by atoms with van der Waals surface area (Å²) in [4.78, 5) is 13.6. The lowest BCUT2D eigenvalue weighted by molar-refractivity contribution is -0.131. The number of hydrogen-bond acceptors (Lipinski definition) is 5. The Morgan fingerprint density at radius 1 is 1.55 bits per heavy atom. The topological polar surface area (TPSA) is 96.9 Å². The second-order valence-electron chi connectivity index (χ2n) is 4.76. The molecule has 0 radical (unpaired) electrons. The largest absolute Gasteiger partial charge is 0.409 e. The number of rotatable bonds is 5. The molecule has 6 nitrogen and oxygen atoms in total. The summed E-state index contributed by atoms with van der Waals surface area (Å²) in [5.41, 5.74) is 4.79. The SMILES string of the molecule is NC(=NO)C1(C(=O)NCCc2cccs2)CCOCC1. The number of amides is 1. The zero-order chi connectivity index (χ0) is 14.4. The third-order valence-electron chi connectivity index (χ3n) is 3.62. The average molecular weight is 297 g/mol. The number of hydrogen-bond donors (Lipinski definition) is 3. The van der Waals surface area contributed by atoms with Gasteiger partial charge in [0.05, 0.1) is 0 Å². The molecule has 0 bridgehead atoms. The maximum absolute atomic E-state index is 12.4. The molecule has 20 heavy (non-hydrogen) atoms. The Morgan fingerprint density at radius 2 is 2.30 bits per heavy atom. The van der Waals surface area contributed by atoms with Gasteiger partial charge in [-0.25, -0.2) is 0 Å². The minimum absolute atomic E-state index is 0.0329. The van der Waals surface area contributed by atoms with Crippen molar-refractivity contribution in [2.75, 3.05) is 19.8 Å². The monoisotopic (exact) mass is 297 g/mol. The van der Waals surface area contributed by atoms with Gasteiger partial charge in [-0.15, -0.1) is 11.3 Å². The van der Waals surface area contributed by atoms with Crippen LogP contribution in [0.1, 0.15) is 17.7 Å². The van der Waals surface area contributed by atoms with Crippen LogP contribution >= 0.6 is 11.3 Å². The Balaban J connectivity index is 1.96. The Hall–Kier alpha value is -1.60. The van der Waals surface area contributed by atoms with Crippen LogP contribution in [-0.4, -0.2) is 36.7 Å². The lowest BCUT2D eigenvalue weighted by atomic mass is 9.78. The van der Waals surface area contributed by atoms with E-state index in [2.05, 4.69) is 10.5 Å². The van der Waals surface area contributed by atoms with Crippen LogP contribution in [0.15, 0.2) is 22.7 Å². The fourth-order valence-corrected chi connectivity index (χ4v) is 3.05. The number of ether oxygens (including phenoxy) is 1. The maximum Gasteiger partial charge on any atom is 0.234 e. The highest BCUT2D eigenvalue weighted by Crippen LogP contribution is 2.31. The van der Waals surface area contributed by atoms with Crippen molar-refractivity contribution in [3.8, 4) is 0 Å². The molecule has 2 rings (SSSR count). The van der Waals surface area contributed by atoms with Crippen LogP contribution in [-0.2, 0) is 16.0 Å². The molecule has 4 N–H and O–H groups in total. The number of carbonyl (C=O) groups excluding carboxylic acids is 1. The molecule has 1 aromatic heterocycles. The Labute approximate surface area is 121 Å². The van der Waals surface area contributed by atoms with Crippen molar-refractivity contribution < 1.29 is 14.7 Å². The minimum Gasteiger partial charge on any atom is -0.409 e. The predicted molar refractivity (Wildman–Crippen MR) is 76.9 cm³/mol. The molecule has 1 fully saturated rings. The normalized spacial score (nSPS) is 18.7. The molecule has 0 saturated carbocycles. The van der Waals surface area contributed by atoms with E-state index in [1.54, 1.807) is 11.3 Å². The smallest absolute Gasteiger partial charge is 0.234 e. The second-order valence-corrected chi connectivity index (χ2v) is 5.80. The second kappa shape index (κ2) is 6.71. The number of amidine groups is 1. The van der Waals surface area contributed by atoms with Crippen LogP contribution in [0.5, 0.6) is 0 Å². The van der Waals surface area contributed by atoms with Gasteiger partial charge in [0.1, 0.15) is 5.41 Å². The van der Waals surface area contributed by atoms with E-state index < -0.39 is 5.41 Å². The summed E-state index contributed by atoms with van der Waals surface area (Å²) >= 11 is 1.66. The Kier molecular flexibility index (Phi) is 4.97. The van der Waals surface area contributed by atoms with Crippen molar-refractivity contribution in [3.63, 3.8) is 0 Å². The van der Waals surface area contributed by atoms with E-state index in [4.69, 9.17) is 15.7 Å². The Morgan fingerprint density at radius 3 is 2.90 bits per heavy atom. The molecule has 1 aliphatic heterocycles. The first kappa shape index (κ1) is 14.8. The molecular formula is C13H19N3O3S. The van der Waals surface area contributed by atoms with Gasteiger partial charge in [0.2, 0.25) is 5.91 Å². The standard InChI is InChI=1S/C13H19N3O3S/c14-11(16-18)13(4-7-19-8-5-13)12(17)15-6-3-10-2-1-9-20-10/h1-2,9,18H,3-8H2,(H2,14,16)(H,15,17). The highest BCUT2D eigenvalue weighted by molar-refractivity contribution is 7.09. The van der Waals surface area contributed by atoms with Gasteiger partial charge in [-0.05, 0) is 30.7 Å². The van der Waals surface area contributed by atoms with Gasteiger partial charge in [-0.2, -0.15) is 0 Å². The highest BCUT2D eigenvalue weighted by atomic mass is 32.1. The van der Waals surface area contributed by atoms with E-state index >= 15 is 0 Å². The molecule has 0 spiro atoms. The summed E-state index contributed by atoms with van der Waals surface area (Å²) in [7, 11) is 0. The molecule has 110 valence electrons. The molecule has 2 heterocycles. The molecule has 0 unspecified atom stereocenters. The first-order valence-corrected chi connectivity index (χ1v) is 7.43. The molecule has 1 aromatic rings. The van der Waals surface area contributed by atoms with Crippen molar-refractivity contribution >= 4 is 23.1 Å². The van der Waals surface area contributed by atoms with Crippen molar-refractivity contribution in [3.05, 3.63) is 22.4 Å². The Bertz CT molecular complexity index is 467. The highest BCUT2D eigenvalue weighted by Gasteiger charge is 2.44.